The van der Waals surface area contributed by atoms with E-state index < -0.39 is 6.10 Å². The Labute approximate surface area is 139 Å². The van der Waals surface area contributed by atoms with Crippen molar-refractivity contribution in [1.82, 2.24) is 0 Å². The summed E-state index contributed by atoms with van der Waals surface area (Å²) in [6.07, 6.45) is -0.794. The number of hydrogen-bond acceptors (Lipinski definition) is 4. The standard InChI is InChI=1S/C18H15N3O3/c1-12(24-14-6-4-5-13(9-14)10-19)18(23)21-11-17(22)20-15-7-2-3-8-16(15)21/h2-9,12H,11H2,1H3,(H,20,22)/t12-/m0/s1. The number of fused-ring (bicyclic) bond motifs is 1. The molecular formula is C18H15N3O3. The molecule has 1 aliphatic rings. The number of benzene rings is 2. The Morgan fingerprint density at radius 3 is 2.88 bits per heavy atom. The highest BCUT2D eigenvalue weighted by molar-refractivity contribution is 6.10. The van der Waals surface area contributed by atoms with Crippen LogP contribution < -0.4 is 15.0 Å². The molecule has 120 valence electrons. The maximum Gasteiger partial charge on any atom is 0.268 e. The summed E-state index contributed by atoms with van der Waals surface area (Å²) in [4.78, 5) is 26.0. The zero-order valence-corrected chi connectivity index (χ0v) is 13.0. The van der Waals surface area contributed by atoms with Gasteiger partial charge in [-0.2, -0.15) is 5.26 Å². The molecule has 0 unspecified atom stereocenters. The van der Waals surface area contributed by atoms with Gasteiger partial charge in [-0.1, -0.05) is 18.2 Å². The summed E-state index contributed by atoms with van der Waals surface area (Å²) in [7, 11) is 0. The third-order valence-corrected chi connectivity index (χ3v) is 3.66. The molecule has 2 aromatic rings. The molecule has 0 saturated carbocycles. The molecule has 6 nitrogen and oxygen atoms in total. The molecule has 2 aromatic carbocycles. The number of para-hydroxylation sites is 2. The minimum atomic E-state index is -0.794. The Morgan fingerprint density at radius 1 is 1.29 bits per heavy atom. The van der Waals surface area contributed by atoms with E-state index in [0.717, 1.165) is 0 Å². The second-order valence-electron chi connectivity index (χ2n) is 5.39. The molecule has 2 amide bonds. The van der Waals surface area contributed by atoms with E-state index in [2.05, 4.69) is 5.32 Å². The zero-order valence-electron chi connectivity index (χ0n) is 13.0. The van der Waals surface area contributed by atoms with E-state index in [-0.39, 0.29) is 18.4 Å². The highest BCUT2D eigenvalue weighted by atomic mass is 16.5. The number of nitriles is 1. The van der Waals surface area contributed by atoms with Crippen LogP contribution in [-0.4, -0.2) is 24.5 Å². The molecule has 24 heavy (non-hydrogen) atoms. The van der Waals surface area contributed by atoms with Crippen LogP contribution in [-0.2, 0) is 9.59 Å². The van der Waals surface area contributed by atoms with E-state index in [1.54, 1.807) is 55.5 Å². The summed E-state index contributed by atoms with van der Waals surface area (Å²) in [6.45, 7) is 1.57. The van der Waals surface area contributed by atoms with Crippen molar-refractivity contribution in [1.29, 1.82) is 5.26 Å². The van der Waals surface area contributed by atoms with Crippen molar-refractivity contribution in [2.24, 2.45) is 0 Å². The van der Waals surface area contributed by atoms with Gasteiger partial charge in [-0.3, -0.25) is 14.5 Å². The summed E-state index contributed by atoms with van der Waals surface area (Å²) >= 11 is 0. The second kappa shape index (κ2) is 6.42. The number of anilines is 2. The predicted octanol–water partition coefficient (Wildman–Crippen LogP) is 2.31. The van der Waals surface area contributed by atoms with Crippen LogP contribution in [0.15, 0.2) is 48.5 Å². The van der Waals surface area contributed by atoms with E-state index in [0.29, 0.717) is 22.7 Å². The summed E-state index contributed by atoms with van der Waals surface area (Å²) in [5.74, 6) is -0.134. The molecular weight excluding hydrogens is 306 g/mol. The number of carbonyl (C=O) groups is 2. The SMILES string of the molecule is C[C@H](Oc1cccc(C#N)c1)C(=O)N1CC(=O)Nc2ccccc21. The third kappa shape index (κ3) is 3.06. The van der Waals surface area contributed by atoms with Crippen molar-refractivity contribution < 1.29 is 14.3 Å². The average Bonchev–Trinajstić information content (AvgIpc) is 2.60. The Morgan fingerprint density at radius 2 is 2.08 bits per heavy atom. The van der Waals surface area contributed by atoms with Crippen LogP contribution in [0.1, 0.15) is 12.5 Å². The number of nitrogens with one attached hydrogen (secondary N) is 1. The molecule has 1 aliphatic heterocycles. The molecule has 0 radical (unpaired) electrons. The van der Waals surface area contributed by atoms with Gasteiger partial charge in [-0.25, -0.2) is 0 Å². The minimum Gasteiger partial charge on any atom is -0.481 e. The van der Waals surface area contributed by atoms with E-state index in [4.69, 9.17) is 10.00 Å². The molecule has 1 heterocycles. The van der Waals surface area contributed by atoms with E-state index in [1.807, 2.05) is 6.07 Å². The summed E-state index contributed by atoms with van der Waals surface area (Å²) < 4.78 is 5.65. The first-order chi connectivity index (χ1) is 11.6. The Balaban J connectivity index is 1.81. The quantitative estimate of drug-likeness (QED) is 0.940. The van der Waals surface area contributed by atoms with Gasteiger partial charge < -0.3 is 10.1 Å². The Hall–Kier alpha value is -3.33. The summed E-state index contributed by atoms with van der Waals surface area (Å²) in [5.41, 5.74) is 1.69. The number of carbonyl (C=O) groups excluding carboxylic acids is 2. The fraction of sp³-hybridized carbons (Fsp3) is 0.167. The molecule has 0 bridgehead atoms. The topological polar surface area (TPSA) is 82.4 Å². The third-order valence-electron chi connectivity index (χ3n) is 3.66. The van der Waals surface area contributed by atoms with E-state index in [9.17, 15) is 9.59 Å². The first kappa shape index (κ1) is 15.6. The van der Waals surface area contributed by atoms with Crippen molar-refractivity contribution in [3.05, 3.63) is 54.1 Å². The Kier molecular flexibility index (Phi) is 4.17. The molecule has 0 spiro atoms. The number of rotatable bonds is 3. The van der Waals surface area contributed by atoms with Gasteiger partial charge in [-0.05, 0) is 37.3 Å². The van der Waals surface area contributed by atoms with Crippen LogP contribution in [0.4, 0.5) is 11.4 Å². The number of ether oxygens (including phenoxy) is 1. The lowest BCUT2D eigenvalue weighted by Crippen LogP contribution is -2.47. The van der Waals surface area contributed by atoms with Gasteiger partial charge in [-0.15, -0.1) is 0 Å². The van der Waals surface area contributed by atoms with Crippen LogP contribution in [0, 0.1) is 11.3 Å². The minimum absolute atomic E-state index is 0.0538. The maximum absolute atomic E-state index is 12.7. The van der Waals surface area contributed by atoms with Gasteiger partial charge in [0, 0.05) is 0 Å². The Bertz CT molecular complexity index is 841. The molecule has 6 heteroatoms. The van der Waals surface area contributed by atoms with Crippen molar-refractivity contribution in [2.45, 2.75) is 13.0 Å². The van der Waals surface area contributed by atoms with Gasteiger partial charge in [0.05, 0.1) is 23.0 Å². The van der Waals surface area contributed by atoms with Crippen LogP contribution in [0.25, 0.3) is 0 Å². The van der Waals surface area contributed by atoms with Crippen molar-refractivity contribution in [3.63, 3.8) is 0 Å². The molecule has 1 atom stereocenters. The first-order valence-electron chi connectivity index (χ1n) is 7.45. The van der Waals surface area contributed by atoms with Crippen LogP contribution in [0.5, 0.6) is 5.75 Å². The summed E-state index contributed by atoms with van der Waals surface area (Å²) in [6, 6.07) is 15.7. The fourth-order valence-electron chi connectivity index (χ4n) is 2.54. The van der Waals surface area contributed by atoms with Crippen LogP contribution in [0.2, 0.25) is 0 Å². The molecule has 0 saturated heterocycles. The van der Waals surface area contributed by atoms with E-state index in [1.165, 1.54) is 4.90 Å². The summed E-state index contributed by atoms with van der Waals surface area (Å²) in [5, 5.41) is 11.7. The molecule has 3 rings (SSSR count). The number of hydrogen-bond donors (Lipinski definition) is 1. The highest BCUT2D eigenvalue weighted by Crippen LogP contribution is 2.29. The van der Waals surface area contributed by atoms with Gasteiger partial charge >= 0.3 is 0 Å². The molecule has 0 fully saturated rings. The smallest absolute Gasteiger partial charge is 0.268 e. The normalized spacial score (nSPS) is 14.2. The average molecular weight is 321 g/mol. The largest absolute Gasteiger partial charge is 0.481 e. The maximum atomic E-state index is 12.7. The lowest BCUT2D eigenvalue weighted by molar-refractivity contribution is -0.126. The van der Waals surface area contributed by atoms with Gasteiger partial charge in [0.25, 0.3) is 5.91 Å². The van der Waals surface area contributed by atoms with Crippen molar-refractivity contribution in [3.8, 4) is 11.8 Å². The number of amides is 2. The molecule has 0 aliphatic carbocycles. The number of nitrogens with zero attached hydrogens (tertiary/aromatic N) is 2. The first-order valence-corrected chi connectivity index (χ1v) is 7.45. The van der Waals surface area contributed by atoms with Crippen LogP contribution in [0.3, 0.4) is 0 Å². The lowest BCUT2D eigenvalue weighted by atomic mass is 10.1. The van der Waals surface area contributed by atoms with Gasteiger partial charge in [0.2, 0.25) is 5.91 Å². The van der Waals surface area contributed by atoms with Crippen molar-refractivity contribution >= 4 is 23.2 Å². The molecule has 1 N–H and O–H groups in total. The van der Waals surface area contributed by atoms with Crippen LogP contribution >= 0.6 is 0 Å². The monoisotopic (exact) mass is 321 g/mol. The lowest BCUT2D eigenvalue weighted by Gasteiger charge is -2.31. The van der Waals surface area contributed by atoms with Gasteiger partial charge in [0.1, 0.15) is 12.3 Å². The fourth-order valence-corrected chi connectivity index (χ4v) is 2.54. The zero-order chi connectivity index (χ0) is 17.1. The molecule has 0 aromatic heterocycles. The second-order valence-corrected chi connectivity index (χ2v) is 5.39. The van der Waals surface area contributed by atoms with Crippen molar-refractivity contribution in [2.75, 3.05) is 16.8 Å². The predicted molar refractivity (Wildman–Crippen MR) is 88.7 cm³/mol. The van der Waals surface area contributed by atoms with Gasteiger partial charge in [0.15, 0.2) is 6.10 Å². The van der Waals surface area contributed by atoms with E-state index >= 15 is 0 Å². The highest BCUT2D eigenvalue weighted by Gasteiger charge is 2.30.